The fourth-order valence-electron chi connectivity index (χ4n) is 1.76. The summed E-state index contributed by atoms with van der Waals surface area (Å²) < 4.78 is 22.5. The van der Waals surface area contributed by atoms with Crippen LogP contribution in [0.25, 0.3) is 0 Å². The van der Waals surface area contributed by atoms with Crippen LogP contribution in [-0.4, -0.2) is 42.0 Å². The van der Waals surface area contributed by atoms with E-state index in [1.807, 2.05) is 0 Å². The molecule has 1 aromatic rings. The predicted molar refractivity (Wildman–Crippen MR) is 61.9 cm³/mol. The third-order valence-corrected chi connectivity index (χ3v) is 4.36. The first-order chi connectivity index (χ1) is 7.96. The van der Waals surface area contributed by atoms with Crippen molar-refractivity contribution in [1.82, 2.24) is 4.98 Å². The minimum atomic E-state index is -2.95. The van der Waals surface area contributed by atoms with Gasteiger partial charge in [-0.15, -0.1) is 0 Å². The summed E-state index contributed by atoms with van der Waals surface area (Å²) in [6, 6.07) is 2.60. The molecule has 1 saturated heterocycles. The van der Waals surface area contributed by atoms with Crippen molar-refractivity contribution < 1.29 is 18.3 Å². The zero-order chi connectivity index (χ0) is 12.5. The van der Waals surface area contributed by atoms with Gasteiger partial charge in [-0.2, -0.15) is 0 Å². The van der Waals surface area contributed by atoms with E-state index in [0.29, 0.717) is 12.2 Å². The Kier molecular flexibility index (Phi) is 3.01. The molecule has 2 heterocycles. The molecule has 6 nitrogen and oxygen atoms in total. The van der Waals surface area contributed by atoms with Gasteiger partial charge in [-0.3, -0.25) is 0 Å². The maximum atomic E-state index is 11.3. The zero-order valence-corrected chi connectivity index (χ0v) is 9.77. The van der Waals surface area contributed by atoms with Crippen LogP contribution in [-0.2, 0) is 9.84 Å². The van der Waals surface area contributed by atoms with Crippen LogP contribution in [0.1, 0.15) is 16.8 Å². The largest absolute Gasteiger partial charge is 0.478 e. The molecule has 1 unspecified atom stereocenters. The lowest BCUT2D eigenvalue weighted by molar-refractivity contribution is 0.0697. The number of pyridine rings is 1. The third kappa shape index (κ3) is 2.94. The van der Waals surface area contributed by atoms with Gasteiger partial charge in [-0.05, 0) is 18.6 Å². The fourth-order valence-corrected chi connectivity index (χ4v) is 3.43. The number of nitrogens with one attached hydrogen (secondary N) is 1. The van der Waals surface area contributed by atoms with E-state index in [0.717, 1.165) is 0 Å². The van der Waals surface area contributed by atoms with Gasteiger partial charge in [0.2, 0.25) is 0 Å². The summed E-state index contributed by atoms with van der Waals surface area (Å²) in [6.45, 7) is 0. The van der Waals surface area contributed by atoms with Crippen LogP contribution in [0.5, 0.6) is 0 Å². The Morgan fingerprint density at radius 3 is 2.88 bits per heavy atom. The highest BCUT2D eigenvalue weighted by molar-refractivity contribution is 7.91. The molecule has 0 radical (unpaired) electrons. The monoisotopic (exact) mass is 256 g/mol. The molecule has 0 saturated carbocycles. The molecule has 1 aliphatic heterocycles. The van der Waals surface area contributed by atoms with Crippen molar-refractivity contribution in [3.8, 4) is 0 Å². The van der Waals surface area contributed by atoms with Crippen LogP contribution in [0.3, 0.4) is 0 Å². The smallest absolute Gasteiger partial charge is 0.335 e. The Morgan fingerprint density at radius 2 is 2.29 bits per heavy atom. The van der Waals surface area contributed by atoms with E-state index in [9.17, 15) is 13.2 Å². The SMILES string of the molecule is O=C(O)c1ccnc(NC2CCS(=O)(=O)C2)c1. The van der Waals surface area contributed by atoms with E-state index < -0.39 is 15.8 Å². The summed E-state index contributed by atoms with van der Waals surface area (Å²) in [5.74, 6) is -0.392. The number of hydrogen-bond donors (Lipinski definition) is 2. The van der Waals surface area contributed by atoms with Crippen molar-refractivity contribution >= 4 is 21.6 Å². The van der Waals surface area contributed by atoms with E-state index in [4.69, 9.17) is 5.11 Å². The van der Waals surface area contributed by atoms with Crippen molar-refractivity contribution in [2.24, 2.45) is 0 Å². The predicted octanol–water partition coefficient (Wildman–Crippen LogP) is 0.379. The summed E-state index contributed by atoms with van der Waals surface area (Å²) in [6.07, 6.45) is 1.91. The van der Waals surface area contributed by atoms with E-state index in [2.05, 4.69) is 10.3 Å². The van der Waals surface area contributed by atoms with Gasteiger partial charge in [0.15, 0.2) is 9.84 Å². The normalized spacial score (nSPS) is 22.2. The van der Waals surface area contributed by atoms with Crippen LogP contribution in [0.4, 0.5) is 5.82 Å². The minimum absolute atomic E-state index is 0.0754. The molecule has 0 amide bonds. The molecule has 92 valence electrons. The molecule has 0 spiro atoms. The average molecular weight is 256 g/mol. The van der Waals surface area contributed by atoms with Crippen molar-refractivity contribution in [1.29, 1.82) is 0 Å². The molecule has 1 atom stereocenters. The number of sulfone groups is 1. The molecule has 17 heavy (non-hydrogen) atoms. The highest BCUT2D eigenvalue weighted by Gasteiger charge is 2.27. The van der Waals surface area contributed by atoms with E-state index in [-0.39, 0.29) is 23.1 Å². The van der Waals surface area contributed by atoms with Gasteiger partial charge in [-0.25, -0.2) is 18.2 Å². The quantitative estimate of drug-likeness (QED) is 0.811. The van der Waals surface area contributed by atoms with E-state index in [1.54, 1.807) is 0 Å². The lowest BCUT2D eigenvalue weighted by Crippen LogP contribution is -2.21. The van der Waals surface area contributed by atoms with Crippen LogP contribution in [0.2, 0.25) is 0 Å². The highest BCUT2D eigenvalue weighted by atomic mass is 32.2. The topological polar surface area (TPSA) is 96.4 Å². The highest BCUT2D eigenvalue weighted by Crippen LogP contribution is 2.16. The van der Waals surface area contributed by atoms with E-state index >= 15 is 0 Å². The summed E-state index contributed by atoms with van der Waals surface area (Å²) in [4.78, 5) is 14.7. The number of rotatable bonds is 3. The van der Waals surface area contributed by atoms with Crippen molar-refractivity contribution in [3.05, 3.63) is 23.9 Å². The Balaban J connectivity index is 2.09. The third-order valence-electron chi connectivity index (χ3n) is 2.59. The second-order valence-electron chi connectivity index (χ2n) is 3.98. The number of carboxylic acid groups (broad SMARTS) is 1. The van der Waals surface area contributed by atoms with Crippen molar-refractivity contribution in [3.63, 3.8) is 0 Å². The first kappa shape index (κ1) is 11.8. The Labute approximate surface area is 98.6 Å². The molecule has 7 heteroatoms. The van der Waals surface area contributed by atoms with Crippen LogP contribution < -0.4 is 5.32 Å². The molecule has 2 N–H and O–H groups in total. The molecule has 1 fully saturated rings. The number of nitrogens with zero attached hydrogens (tertiary/aromatic N) is 1. The molecule has 2 rings (SSSR count). The Bertz CT molecular complexity index is 541. The number of carboxylic acids is 1. The van der Waals surface area contributed by atoms with Gasteiger partial charge in [0, 0.05) is 12.2 Å². The Hall–Kier alpha value is -1.63. The van der Waals surface area contributed by atoms with Crippen molar-refractivity contribution in [2.45, 2.75) is 12.5 Å². The Morgan fingerprint density at radius 1 is 1.53 bits per heavy atom. The van der Waals surface area contributed by atoms with E-state index in [1.165, 1.54) is 18.3 Å². The lowest BCUT2D eigenvalue weighted by Gasteiger charge is -2.11. The summed E-state index contributed by atoms with van der Waals surface area (Å²) in [7, 11) is -2.95. The second-order valence-corrected chi connectivity index (χ2v) is 6.21. The summed E-state index contributed by atoms with van der Waals surface area (Å²) >= 11 is 0. The second kappa shape index (κ2) is 4.33. The van der Waals surface area contributed by atoms with Crippen LogP contribution >= 0.6 is 0 Å². The van der Waals surface area contributed by atoms with Gasteiger partial charge < -0.3 is 10.4 Å². The van der Waals surface area contributed by atoms with Crippen LogP contribution in [0, 0.1) is 0 Å². The first-order valence-corrected chi connectivity index (χ1v) is 6.95. The molecule has 0 aromatic carbocycles. The summed E-state index contributed by atoms with van der Waals surface area (Å²) in [5, 5.41) is 11.7. The molecular weight excluding hydrogens is 244 g/mol. The molecule has 1 aliphatic rings. The van der Waals surface area contributed by atoms with Crippen molar-refractivity contribution in [2.75, 3.05) is 16.8 Å². The van der Waals surface area contributed by atoms with Gasteiger partial charge in [0.05, 0.1) is 17.1 Å². The fraction of sp³-hybridized carbons (Fsp3) is 0.400. The standard InChI is InChI=1S/C10H12N2O4S/c13-10(14)7-1-3-11-9(5-7)12-8-2-4-17(15,16)6-8/h1,3,5,8H,2,4,6H2,(H,11,12)(H,13,14). The number of carbonyl (C=O) groups is 1. The number of hydrogen-bond acceptors (Lipinski definition) is 5. The molecule has 0 aliphatic carbocycles. The summed E-state index contributed by atoms with van der Waals surface area (Å²) in [5.41, 5.74) is 0.128. The molecular formula is C10H12N2O4S. The molecule has 0 bridgehead atoms. The van der Waals surface area contributed by atoms with Gasteiger partial charge >= 0.3 is 5.97 Å². The zero-order valence-electron chi connectivity index (χ0n) is 8.96. The van der Waals surface area contributed by atoms with Gasteiger partial charge in [0.1, 0.15) is 5.82 Å². The minimum Gasteiger partial charge on any atom is -0.478 e. The number of aromatic carboxylic acids is 1. The average Bonchev–Trinajstić information content (AvgIpc) is 2.58. The number of aromatic nitrogens is 1. The first-order valence-electron chi connectivity index (χ1n) is 5.12. The van der Waals surface area contributed by atoms with Crippen LogP contribution in [0.15, 0.2) is 18.3 Å². The number of anilines is 1. The maximum absolute atomic E-state index is 11.3. The molecule has 1 aromatic heterocycles. The van der Waals surface area contributed by atoms with Gasteiger partial charge in [-0.1, -0.05) is 0 Å². The van der Waals surface area contributed by atoms with Gasteiger partial charge in [0.25, 0.3) is 0 Å². The lowest BCUT2D eigenvalue weighted by atomic mass is 10.2. The maximum Gasteiger partial charge on any atom is 0.335 e.